The van der Waals surface area contributed by atoms with Gasteiger partial charge in [0.25, 0.3) is 5.91 Å². The minimum absolute atomic E-state index is 0.141. The smallest absolute Gasteiger partial charge is 0.341 e. The number of ether oxygens (including phenoxy) is 1. The van der Waals surface area contributed by atoms with Crippen LogP contribution in [-0.2, 0) is 19.6 Å². The van der Waals surface area contributed by atoms with Crippen molar-refractivity contribution in [3.8, 4) is 10.4 Å². The van der Waals surface area contributed by atoms with E-state index in [0.29, 0.717) is 4.88 Å². The first-order valence-electron chi connectivity index (χ1n) is 9.87. The Hall–Kier alpha value is -3.61. The number of rotatable bonds is 8. The maximum atomic E-state index is 14.0. The quantitative estimate of drug-likeness (QED) is 0.402. The second kappa shape index (κ2) is 10.5. The lowest BCUT2D eigenvalue weighted by Crippen LogP contribution is -2.33. The number of halogens is 1. The van der Waals surface area contributed by atoms with Crippen LogP contribution < -0.4 is 15.8 Å². The molecule has 9 nitrogen and oxygen atoms in total. The molecule has 0 radical (unpaired) electrons. The number of hydrogen-bond donors (Lipinski definition) is 3. The maximum Gasteiger partial charge on any atom is 0.341 e. The summed E-state index contributed by atoms with van der Waals surface area (Å²) in [5.74, 6) is -3.31. The summed E-state index contributed by atoms with van der Waals surface area (Å²) in [6, 6.07) is 13.3. The Balaban J connectivity index is 1.75. The molecule has 1 heterocycles. The van der Waals surface area contributed by atoms with Crippen LogP contribution in [0.25, 0.3) is 10.4 Å². The van der Waals surface area contributed by atoms with Crippen LogP contribution in [0.15, 0.2) is 59.5 Å². The summed E-state index contributed by atoms with van der Waals surface area (Å²) in [4.78, 5) is 37.4. The molecular weight excluding hydrogens is 485 g/mol. The summed E-state index contributed by atoms with van der Waals surface area (Å²) < 4.78 is 42.0. The Kier molecular flexibility index (Phi) is 7.76. The van der Waals surface area contributed by atoms with Crippen molar-refractivity contribution in [2.24, 2.45) is 5.14 Å². The molecule has 1 aromatic heterocycles. The van der Waals surface area contributed by atoms with Crippen LogP contribution in [0.4, 0.5) is 9.39 Å². The van der Waals surface area contributed by atoms with Crippen molar-refractivity contribution in [2.45, 2.75) is 11.8 Å². The van der Waals surface area contributed by atoms with Gasteiger partial charge in [-0.3, -0.25) is 9.59 Å². The predicted octanol–water partition coefficient (Wildman–Crippen LogP) is 2.75. The van der Waals surface area contributed by atoms with Crippen molar-refractivity contribution in [1.29, 1.82) is 0 Å². The molecule has 0 saturated carbocycles. The van der Waals surface area contributed by atoms with Gasteiger partial charge in [-0.15, -0.1) is 11.3 Å². The lowest BCUT2D eigenvalue weighted by molar-refractivity contribution is -0.115. The van der Waals surface area contributed by atoms with Gasteiger partial charge in [0.05, 0.1) is 29.2 Å². The first-order valence-corrected chi connectivity index (χ1v) is 12.2. The highest BCUT2D eigenvalue weighted by Crippen LogP contribution is 2.35. The molecule has 0 aliphatic heterocycles. The van der Waals surface area contributed by atoms with Crippen molar-refractivity contribution >= 4 is 44.1 Å². The second-order valence-electron chi connectivity index (χ2n) is 6.86. The fourth-order valence-corrected chi connectivity index (χ4v) is 4.48. The molecule has 0 unspecified atom stereocenters. The number of amides is 2. The number of benzene rings is 2. The maximum absolute atomic E-state index is 14.0. The molecule has 12 heteroatoms. The van der Waals surface area contributed by atoms with E-state index in [1.165, 1.54) is 0 Å². The van der Waals surface area contributed by atoms with Crippen molar-refractivity contribution in [3.63, 3.8) is 0 Å². The molecule has 3 rings (SSSR count). The zero-order valence-corrected chi connectivity index (χ0v) is 19.5. The highest BCUT2D eigenvalue weighted by atomic mass is 32.2. The number of hydrogen-bond acceptors (Lipinski definition) is 7. The minimum atomic E-state index is -4.15. The summed E-state index contributed by atoms with van der Waals surface area (Å²) in [5, 5.41) is 9.99. The Labute approximate surface area is 198 Å². The van der Waals surface area contributed by atoms with Gasteiger partial charge in [0.15, 0.2) is 0 Å². The number of carbonyl (C=O) groups excluding carboxylic acids is 3. The summed E-state index contributed by atoms with van der Waals surface area (Å²) in [6.07, 6.45) is 0. The Morgan fingerprint density at radius 2 is 1.76 bits per heavy atom. The third kappa shape index (κ3) is 6.04. The number of nitrogens with two attached hydrogens (primary N) is 1. The molecule has 0 bridgehead atoms. The number of esters is 1. The zero-order valence-electron chi connectivity index (χ0n) is 17.8. The van der Waals surface area contributed by atoms with Gasteiger partial charge in [0, 0.05) is 4.88 Å². The van der Waals surface area contributed by atoms with Gasteiger partial charge in [-0.25, -0.2) is 22.7 Å². The molecule has 0 atom stereocenters. The largest absolute Gasteiger partial charge is 0.462 e. The van der Waals surface area contributed by atoms with E-state index in [2.05, 4.69) is 10.6 Å². The van der Waals surface area contributed by atoms with E-state index < -0.39 is 50.6 Å². The molecule has 2 amide bonds. The minimum Gasteiger partial charge on any atom is -0.462 e. The number of primary sulfonamides is 1. The topological polar surface area (TPSA) is 145 Å². The number of thiophene rings is 1. The third-order valence-corrected chi connectivity index (χ3v) is 6.47. The van der Waals surface area contributed by atoms with E-state index in [4.69, 9.17) is 9.88 Å². The summed E-state index contributed by atoms with van der Waals surface area (Å²) in [5.41, 5.74) is 0.392. The van der Waals surface area contributed by atoms with E-state index in [0.717, 1.165) is 35.1 Å². The normalized spacial score (nSPS) is 11.0. The van der Waals surface area contributed by atoms with Gasteiger partial charge in [-0.1, -0.05) is 30.3 Å². The predicted molar refractivity (Wildman–Crippen MR) is 124 cm³/mol. The van der Waals surface area contributed by atoms with E-state index in [1.807, 2.05) is 30.3 Å². The molecular formula is C22H20FN3O6S2. The first kappa shape index (κ1) is 25.0. The summed E-state index contributed by atoms with van der Waals surface area (Å²) in [6.45, 7) is 1.22. The second-order valence-corrected chi connectivity index (χ2v) is 9.47. The Morgan fingerprint density at radius 3 is 2.41 bits per heavy atom. The van der Waals surface area contributed by atoms with Gasteiger partial charge in [-0.2, -0.15) is 0 Å². The average molecular weight is 506 g/mol. The van der Waals surface area contributed by atoms with E-state index in [-0.39, 0.29) is 17.2 Å². The summed E-state index contributed by atoms with van der Waals surface area (Å²) in [7, 11) is -4.15. The molecule has 178 valence electrons. The van der Waals surface area contributed by atoms with Crippen molar-refractivity contribution in [3.05, 3.63) is 71.5 Å². The van der Waals surface area contributed by atoms with E-state index in [1.54, 1.807) is 13.0 Å². The van der Waals surface area contributed by atoms with Crippen LogP contribution in [0, 0.1) is 5.82 Å². The standard InChI is InChI=1S/C22H20FN3O6S2/c1-2-32-22(29)16-11-18(13-6-4-3-5-7-13)33-21(16)26-19(27)12-25-20(28)15-10-14(34(24,30)31)8-9-17(15)23/h3-11H,2,12H2,1H3,(H,25,28)(H,26,27)(H2,24,30,31). The fraction of sp³-hybridized carbons (Fsp3) is 0.136. The average Bonchev–Trinajstić information content (AvgIpc) is 3.21. The highest BCUT2D eigenvalue weighted by molar-refractivity contribution is 7.89. The van der Waals surface area contributed by atoms with Gasteiger partial charge in [-0.05, 0) is 36.8 Å². The molecule has 0 aliphatic rings. The number of carbonyl (C=O) groups is 3. The first-order chi connectivity index (χ1) is 16.1. The third-order valence-electron chi connectivity index (χ3n) is 4.46. The van der Waals surface area contributed by atoms with Crippen molar-refractivity contribution < 1.29 is 31.9 Å². The SMILES string of the molecule is CCOC(=O)c1cc(-c2ccccc2)sc1NC(=O)CNC(=O)c1cc(S(N)(=O)=O)ccc1F. The molecule has 0 spiro atoms. The van der Waals surface area contributed by atoms with Crippen LogP contribution in [0.5, 0.6) is 0 Å². The van der Waals surface area contributed by atoms with Gasteiger partial charge < -0.3 is 15.4 Å². The van der Waals surface area contributed by atoms with Gasteiger partial charge >= 0.3 is 5.97 Å². The Morgan fingerprint density at radius 1 is 1.06 bits per heavy atom. The van der Waals surface area contributed by atoms with Crippen LogP contribution in [0.3, 0.4) is 0 Å². The lowest BCUT2D eigenvalue weighted by Gasteiger charge is -2.09. The van der Waals surface area contributed by atoms with Crippen molar-refractivity contribution in [2.75, 3.05) is 18.5 Å². The fourth-order valence-electron chi connectivity index (χ4n) is 2.87. The molecule has 3 aromatic rings. The number of anilines is 1. The molecule has 4 N–H and O–H groups in total. The molecule has 0 aliphatic carbocycles. The van der Waals surface area contributed by atoms with Gasteiger partial charge in [0.1, 0.15) is 10.8 Å². The van der Waals surface area contributed by atoms with E-state index in [9.17, 15) is 27.2 Å². The van der Waals surface area contributed by atoms with Crippen LogP contribution in [0.2, 0.25) is 0 Å². The lowest BCUT2D eigenvalue weighted by atomic mass is 10.1. The molecule has 0 saturated heterocycles. The number of sulfonamides is 1. The number of nitrogens with one attached hydrogen (secondary N) is 2. The monoisotopic (exact) mass is 505 g/mol. The van der Waals surface area contributed by atoms with Crippen molar-refractivity contribution in [1.82, 2.24) is 5.32 Å². The van der Waals surface area contributed by atoms with Crippen LogP contribution >= 0.6 is 11.3 Å². The molecule has 34 heavy (non-hydrogen) atoms. The summed E-state index contributed by atoms with van der Waals surface area (Å²) >= 11 is 1.15. The van der Waals surface area contributed by atoms with E-state index >= 15 is 0 Å². The Bertz CT molecular complexity index is 1340. The zero-order chi connectivity index (χ0) is 24.9. The van der Waals surface area contributed by atoms with Gasteiger partial charge in [0.2, 0.25) is 15.9 Å². The molecule has 2 aromatic carbocycles. The van der Waals surface area contributed by atoms with Crippen LogP contribution in [0.1, 0.15) is 27.6 Å². The highest BCUT2D eigenvalue weighted by Gasteiger charge is 2.21. The van der Waals surface area contributed by atoms with Crippen LogP contribution in [-0.4, -0.2) is 39.4 Å². The molecule has 0 fully saturated rings.